The fourth-order valence-electron chi connectivity index (χ4n) is 5.42. The largest absolute Gasteiger partial charge is 0.394 e. The Morgan fingerprint density at radius 2 is 1.02 bits per heavy atom. The molecule has 10 heteroatoms. The van der Waals surface area contributed by atoms with Crippen LogP contribution in [0.25, 0.3) is 0 Å². The summed E-state index contributed by atoms with van der Waals surface area (Å²) in [7, 11) is 0. The molecule has 0 fully saturated rings. The first-order valence-electron chi connectivity index (χ1n) is 16.8. The van der Waals surface area contributed by atoms with Crippen LogP contribution in [0, 0.1) is 0 Å². The van der Waals surface area contributed by atoms with Crippen LogP contribution >= 0.6 is 0 Å². The van der Waals surface area contributed by atoms with Crippen molar-refractivity contribution in [1.82, 2.24) is 19.6 Å². The van der Waals surface area contributed by atoms with Crippen LogP contribution in [0.15, 0.2) is 0 Å². The van der Waals surface area contributed by atoms with E-state index in [1.54, 1.807) is 0 Å². The van der Waals surface area contributed by atoms with Crippen molar-refractivity contribution in [2.45, 2.75) is 146 Å². The van der Waals surface area contributed by atoms with Gasteiger partial charge in [-0.1, -0.05) is 28.2 Å². The van der Waals surface area contributed by atoms with Gasteiger partial charge in [0.1, 0.15) is 0 Å². The first-order chi connectivity index (χ1) is 19.4. The van der Waals surface area contributed by atoms with E-state index in [2.05, 4.69) is 103 Å². The maximum atomic E-state index is 8.90. The molecule has 264 valence electrons. The Bertz CT molecular complexity index is 551. The van der Waals surface area contributed by atoms with Crippen molar-refractivity contribution >= 4 is 0 Å². The third kappa shape index (κ3) is 27.8. The maximum Gasteiger partial charge on any atom is 0.0702 e. The molecule has 3 unspecified atom stereocenters. The van der Waals surface area contributed by atoms with Crippen molar-refractivity contribution in [3.63, 3.8) is 0 Å². The predicted octanol–water partition coefficient (Wildman–Crippen LogP) is 5.45. The topological polar surface area (TPSA) is 71.9 Å². The van der Waals surface area contributed by atoms with Gasteiger partial charge in [0.2, 0.25) is 0 Å². The van der Waals surface area contributed by atoms with Crippen LogP contribution in [0.1, 0.15) is 110 Å². The van der Waals surface area contributed by atoms with Gasteiger partial charge in [-0.05, 0) is 101 Å². The Hall–Kier alpha value is 1.89. The molecular weight excluding hydrogens is 706 g/mol. The van der Waals surface area contributed by atoms with Gasteiger partial charge in [0.25, 0.3) is 0 Å². The summed E-state index contributed by atoms with van der Waals surface area (Å²) in [5.74, 6) is 0. The number of hydrogen-bond donors (Lipinski definition) is 2. The number of nitrogens with zero attached hydrogens (tertiary/aromatic N) is 4. The van der Waals surface area contributed by atoms with E-state index in [-0.39, 0.29) is 92.2 Å². The molecule has 0 saturated carbocycles. The first-order valence-corrected chi connectivity index (χ1v) is 16.8. The van der Waals surface area contributed by atoms with Crippen molar-refractivity contribution in [1.29, 1.82) is 0 Å². The van der Waals surface area contributed by atoms with E-state index in [0.717, 1.165) is 32.7 Å². The number of rotatable bonds is 25. The second kappa shape index (κ2) is 36.2. The predicted molar refractivity (Wildman–Crippen MR) is 184 cm³/mol. The molecule has 0 aromatic carbocycles. The van der Waals surface area contributed by atoms with Crippen LogP contribution in [0.4, 0.5) is 0 Å². The van der Waals surface area contributed by atoms with Crippen LogP contribution in [0.3, 0.4) is 0 Å². The van der Waals surface area contributed by atoms with Crippen molar-refractivity contribution in [2.24, 2.45) is 0 Å². The van der Waals surface area contributed by atoms with Gasteiger partial charge < -0.3 is 24.6 Å². The second-order valence-electron chi connectivity index (χ2n) is 12.3. The summed E-state index contributed by atoms with van der Waals surface area (Å²) in [6.07, 6.45) is 3.75. The molecule has 0 rings (SSSR count). The molecule has 0 saturated heterocycles. The molecular formula is C34H78N4O4Y2. The van der Waals surface area contributed by atoms with Crippen molar-refractivity contribution < 1.29 is 85.1 Å². The summed E-state index contributed by atoms with van der Waals surface area (Å²) in [5.41, 5.74) is 0. The number of hydrogen-bond acceptors (Lipinski definition) is 8. The quantitative estimate of drug-likeness (QED) is 0.119. The van der Waals surface area contributed by atoms with Crippen molar-refractivity contribution in [3.8, 4) is 0 Å². The Morgan fingerprint density at radius 1 is 0.568 bits per heavy atom. The molecule has 0 heterocycles. The smallest absolute Gasteiger partial charge is 0.0702 e. The van der Waals surface area contributed by atoms with Gasteiger partial charge in [0, 0.05) is 122 Å². The molecule has 2 radical (unpaired) electrons. The van der Waals surface area contributed by atoms with E-state index in [1.165, 1.54) is 32.4 Å². The monoisotopic (exact) mass is 784 g/mol. The van der Waals surface area contributed by atoms with E-state index in [0.29, 0.717) is 50.0 Å². The summed E-state index contributed by atoms with van der Waals surface area (Å²) in [5, 5.41) is 17.7. The van der Waals surface area contributed by atoms with E-state index < -0.39 is 0 Å². The molecule has 0 amide bonds. The standard InChI is InChI=1S/C17H38N2O2.C16H36N2O2.CH4.2Y/c1-13(2)18(14(3)4)9-10-19(15(5)6)16(7)17(8)21-12-11-20;1-5-8-17(9-6-2)11-12-18(10-7-3)16(4)15-20-14-13-19;;;/h13-17,20H,9-12H2,1-8H3;16,19H,5-15H2,1-4H3;1H4;;. The zero-order valence-corrected chi connectivity index (χ0v) is 36.4. The Kier molecular flexibility index (Phi) is 45.5. The maximum absolute atomic E-state index is 8.90. The summed E-state index contributed by atoms with van der Waals surface area (Å²) in [4.78, 5) is 10.1. The molecule has 0 bridgehead atoms. The Labute approximate surface area is 326 Å². The Balaban J connectivity index is -0.000000216. The minimum absolute atomic E-state index is 0. The number of aliphatic hydroxyl groups excluding tert-OH is 2. The van der Waals surface area contributed by atoms with Gasteiger partial charge in [0.05, 0.1) is 39.1 Å². The molecule has 2 N–H and O–H groups in total. The van der Waals surface area contributed by atoms with Crippen LogP contribution in [-0.2, 0) is 74.9 Å². The molecule has 8 nitrogen and oxygen atoms in total. The fraction of sp³-hybridized carbons (Fsp3) is 1.00. The average molecular weight is 785 g/mol. The van der Waals surface area contributed by atoms with Crippen LogP contribution < -0.4 is 0 Å². The molecule has 0 aliphatic carbocycles. The van der Waals surface area contributed by atoms with Crippen LogP contribution in [-0.4, -0.2) is 145 Å². The minimum atomic E-state index is 0. The van der Waals surface area contributed by atoms with Gasteiger partial charge in [-0.2, -0.15) is 0 Å². The third-order valence-corrected chi connectivity index (χ3v) is 7.79. The molecule has 0 aliphatic rings. The van der Waals surface area contributed by atoms with Gasteiger partial charge in [-0.25, -0.2) is 0 Å². The summed E-state index contributed by atoms with van der Waals surface area (Å²) in [6, 6.07) is 2.39. The van der Waals surface area contributed by atoms with Crippen LogP contribution in [0.2, 0.25) is 0 Å². The molecule has 0 aromatic heterocycles. The summed E-state index contributed by atoms with van der Waals surface area (Å²) >= 11 is 0. The van der Waals surface area contributed by atoms with E-state index in [1.807, 2.05) is 0 Å². The van der Waals surface area contributed by atoms with E-state index in [9.17, 15) is 0 Å². The van der Waals surface area contributed by atoms with E-state index in [4.69, 9.17) is 19.7 Å². The molecule has 0 aliphatic heterocycles. The minimum Gasteiger partial charge on any atom is -0.394 e. The molecule has 0 spiro atoms. The van der Waals surface area contributed by atoms with Gasteiger partial charge in [0.15, 0.2) is 0 Å². The third-order valence-electron chi connectivity index (χ3n) is 7.79. The van der Waals surface area contributed by atoms with E-state index >= 15 is 0 Å². The number of aliphatic hydroxyl groups is 2. The Morgan fingerprint density at radius 3 is 1.43 bits per heavy atom. The molecule has 0 aromatic rings. The normalized spacial score (nSPS) is 13.6. The summed E-state index contributed by atoms with van der Waals surface area (Å²) in [6.45, 7) is 36.4. The van der Waals surface area contributed by atoms with Gasteiger partial charge in [-0.15, -0.1) is 0 Å². The van der Waals surface area contributed by atoms with Gasteiger partial charge >= 0.3 is 0 Å². The van der Waals surface area contributed by atoms with Crippen molar-refractivity contribution in [2.75, 3.05) is 78.8 Å². The fourth-order valence-corrected chi connectivity index (χ4v) is 5.42. The summed E-state index contributed by atoms with van der Waals surface area (Å²) < 4.78 is 11.1. The molecule has 44 heavy (non-hydrogen) atoms. The second-order valence-corrected chi connectivity index (χ2v) is 12.3. The van der Waals surface area contributed by atoms with Crippen molar-refractivity contribution in [3.05, 3.63) is 0 Å². The zero-order valence-electron chi connectivity index (χ0n) is 30.7. The SMILES string of the molecule is C.CC(OCCO)C(C)N(CCN(C(C)C)C(C)C)C(C)C.CCCN(CCC)CCN(CCC)C(C)COCCO.[Y].[Y]. The molecule has 3 atom stereocenters. The average Bonchev–Trinajstić information content (AvgIpc) is 2.91. The van der Waals surface area contributed by atoms with Gasteiger partial charge in [-0.3, -0.25) is 14.7 Å². The number of ether oxygens (including phenoxy) is 2. The van der Waals surface area contributed by atoms with Crippen LogP contribution in [0.5, 0.6) is 0 Å². The first kappa shape index (κ1) is 55.3. The zero-order chi connectivity index (χ0) is 31.8.